The molecule has 0 unspecified atom stereocenters. The van der Waals surface area contributed by atoms with E-state index in [9.17, 15) is 4.79 Å². The van der Waals surface area contributed by atoms with Gasteiger partial charge < -0.3 is 5.11 Å². The van der Waals surface area contributed by atoms with E-state index in [1.807, 2.05) is 0 Å². The van der Waals surface area contributed by atoms with Crippen molar-refractivity contribution in [1.82, 2.24) is 20.2 Å². The van der Waals surface area contributed by atoms with E-state index in [2.05, 4.69) is 28.2 Å². The maximum Gasteiger partial charge on any atom is 0.305 e. The molecule has 0 aliphatic heterocycles. The lowest BCUT2D eigenvalue weighted by Gasteiger charge is -2.09. The molecule has 1 heterocycles. The first-order valence-corrected chi connectivity index (χ1v) is 3.92. The Morgan fingerprint density at radius 2 is 2.50 bits per heavy atom. The van der Waals surface area contributed by atoms with Gasteiger partial charge in [-0.1, -0.05) is 0 Å². The van der Waals surface area contributed by atoms with E-state index in [0.29, 0.717) is 5.75 Å². The Hall–Kier alpha value is -1.11. The fraction of sp³-hybridized carbons (Fsp3) is 0.600. The zero-order valence-corrected chi connectivity index (χ0v) is 7.05. The Kier molecular flexibility index (Phi) is 3.03. The second-order valence-corrected chi connectivity index (χ2v) is 2.59. The summed E-state index contributed by atoms with van der Waals surface area (Å²) in [5.74, 6) is -0.485. The Morgan fingerprint density at radius 1 is 1.75 bits per heavy atom. The van der Waals surface area contributed by atoms with Gasteiger partial charge in [0, 0.05) is 5.75 Å². The van der Waals surface area contributed by atoms with Gasteiger partial charge in [-0.15, -0.1) is 5.10 Å². The molecule has 0 fully saturated rings. The second kappa shape index (κ2) is 4.05. The predicted octanol–water partition coefficient (Wildman–Crippen LogP) is -0.381. The molecule has 6 nitrogen and oxygen atoms in total. The van der Waals surface area contributed by atoms with Crippen LogP contribution in [0.25, 0.3) is 0 Å². The van der Waals surface area contributed by atoms with Gasteiger partial charge in [0.15, 0.2) is 0 Å². The summed E-state index contributed by atoms with van der Waals surface area (Å²) in [5.41, 5.74) is 0. The average molecular weight is 188 g/mol. The quantitative estimate of drug-likeness (QED) is 0.629. The minimum absolute atomic E-state index is 0.0193. The number of hydrogen-bond donors (Lipinski definition) is 2. The third-order valence-corrected chi connectivity index (χ3v) is 1.78. The van der Waals surface area contributed by atoms with Crippen LogP contribution < -0.4 is 0 Å². The highest BCUT2D eigenvalue weighted by Crippen LogP contribution is 2.09. The number of hydrogen-bond acceptors (Lipinski definition) is 5. The molecule has 0 saturated heterocycles. The smallest absolute Gasteiger partial charge is 0.305 e. The van der Waals surface area contributed by atoms with E-state index in [4.69, 9.17) is 5.11 Å². The molecule has 1 atom stereocenters. The van der Waals surface area contributed by atoms with Crippen molar-refractivity contribution < 1.29 is 9.90 Å². The number of carboxylic acids is 1. The summed E-state index contributed by atoms with van der Waals surface area (Å²) in [5, 5.41) is 18.9. The van der Waals surface area contributed by atoms with Gasteiger partial charge >= 0.3 is 5.97 Å². The molecule has 0 spiro atoms. The Morgan fingerprint density at radius 3 is 2.92 bits per heavy atom. The number of rotatable bonds is 4. The van der Waals surface area contributed by atoms with E-state index in [1.165, 1.54) is 11.0 Å². The highest BCUT2D eigenvalue weighted by atomic mass is 32.1. The van der Waals surface area contributed by atoms with Gasteiger partial charge in [0.25, 0.3) is 0 Å². The standard InChI is InChI=1S/C5H8N4O2S/c10-5(11)1-4(2-12)9-3-6-7-8-9/h3-4,12H,1-2H2,(H,10,11)/t4-/m0/s1. The third-order valence-electron chi connectivity index (χ3n) is 1.36. The molecule has 0 aliphatic carbocycles. The van der Waals surface area contributed by atoms with E-state index >= 15 is 0 Å². The number of aromatic nitrogens is 4. The highest BCUT2D eigenvalue weighted by Gasteiger charge is 2.13. The van der Waals surface area contributed by atoms with E-state index in [-0.39, 0.29) is 12.5 Å². The monoisotopic (exact) mass is 188 g/mol. The van der Waals surface area contributed by atoms with Crippen LogP contribution >= 0.6 is 12.6 Å². The maximum atomic E-state index is 10.3. The normalized spacial score (nSPS) is 12.8. The van der Waals surface area contributed by atoms with E-state index < -0.39 is 5.97 Å². The van der Waals surface area contributed by atoms with Gasteiger partial charge in [-0.25, -0.2) is 4.68 Å². The molecule has 12 heavy (non-hydrogen) atoms. The average Bonchev–Trinajstić information content (AvgIpc) is 2.51. The van der Waals surface area contributed by atoms with E-state index in [0.717, 1.165) is 0 Å². The molecular formula is C5H8N4O2S. The first-order chi connectivity index (χ1) is 5.74. The summed E-state index contributed by atoms with van der Waals surface area (Å²) in [6.45, 7) is 0. The summed E-state index contributed by atoms with van der Waals surface area (Å²) < 4.78 is 1.39. The van der Waals surface area contributed by atoms with Crippen LogP contribution in [0.3, 0.4) is 0 Å². The fourth-order valence-electron chi connectivity index (χ4n) is 0.779. The SMILES string of the molecule is O=C(O)C[C@@H](CS)n1cnnn1. The first kappa shape index (κ1) is 8.98. The van der Waals surface area contributed by atoms with Crippen LogP contribution in [0.15, 0.2) is 6.33 Å². The second-order valence-electron chi connectivity index (χ2n) is 2.22. The Balaban J connectivity index is 2.63. The number of aliphatic carboxylic acids is 1. The molecule has 66 valence electrons. The molecule has 0 aromatic carbocycles. The number of tetrazole rings is 1. The molecule has 0 bridgehead atoms. The van der Waals surface area contributed by atoms with Gasteiger partial charge in [0.2, 0.25) is 0 Å². The summed E-state index contributed by atoms with van der Waals surface area (Å²) in [4.78, 5) is 10.3. The van der Waals surface area contributed by atoms with E-state index in [1.54, 1.807) is 0 Å². The van der Waals surface area contributed by atoms with Crippen LogP contribution in [0.1, 0.15) is 12.5 Å². The van der Waals surface area contributed by atoms with Gasteiger partial charge in [-0.3, -0.25) is 4.79 Å². The molecule has 1 N–H and O–H groups in total. The highest BCUT2D eigenvalue weighted by molar-refractivity contribution is 7.80. The van der Waals surface area contributed by atoms with Crippen LogP contribution in [0, 0.1) is 0 Å². The van der Waals surface area contributed by atoms with Crippen molar-refractivity contribution in [3.05, 3.63) is 6.33 Å². The summed E-state index contributed by atoms with van der Waals surface area (Å²) in [6, 6.07) is -0.277. The topological polar surface area (TPSA) is 80.9 Å². The third kappa shape index (κ3) is 2.19. The van der Waals surface area contributed by atoms with Gasteiger partial charge in [-0.2, -0.15) is 12.6 Å². The molecular weight excluding hydrogens is 180 g/mol. The van der Waals surface area contributed by atoms with Crippen molar-refractivity contribution >= 4 is 18.6 Å². The molecule has 1 aromatic heterocycles. The van der Waals surface area contributed by atoms with Crippen LogP contribution in [-0.4, -0.2) is 37.0 Å². The van der Waals surface area contributed by atoms with Crippen molar-refractivity contribution in [2.24, 2.45) is 0 Å². The Labute approximate surface area is 74.0 Å². The molecule has 0 saturated carbocycles. The van der Waals surface area contributed by atoms with Gasteiger partial charge in [-0.05, 0) is 10.4 Å². The minimum Gasteiger partial charge on any atom is -0.481 e. The zero-order valence-electron chi connectivity index (χ0n) is 6.16. The van der Waals surface area contributed by atoms with Crippen LogP contribution in [-0.2, 0) is 4.79 Å². The van der Waals surface area contributed by atoms with Crippen LogP contribution in [0.4, 0.5) is 0 Å². The number of thiol groups is 1. The van der Waals surface area contributed by atoms with Crippen LogP contribution in [0.5, 0.6) is 0 Å². The number of carboxylic acid groups (broad SMARTS) is 1. The van der Waals surface area contributed by atoms with Gasteiger partial charge in [0.05, 0.1) is 12.5 Å². The molecule has 0 radical (unpaired) electrons. The lowest BCUT2D eigenvalue weighted by molar-refractivity contribution is -0.137. The summed E-state index contributed by atoms with van der Waals surface area (Å²) in [7, 11) is 0. The van der Waals surface area contributed by atoms with Gasteiger partial charge in [0.1, 0.15) is 6.33 Å². The van der Waals surface area contributed by atoms with Crippen molar-refractivity contribution in [3.63, 3.8) is 0 Å². The van der Waals surface area contributed by atoms with Crippen molar-refractivity contribution in [3.8, 4) is 0 Å². The Bertz CT molecular complexity index is 250. The summed E-state index contributed by atoms with van der Waals surface area (Å²) >= 11 is 4.00. The lowest BCUT2D eigenvalue weighted by Crippen LogP contribution is -2.15. The molecule has 0 aliphatic rings. The first-order valence-electron chi connectivity index (χ1n) is 3.29. The zero-order chi connectivity index (χ0) is 8.97. The predicted molar refractivity (Wildman–Crippen MR) is 43.0 cm³/mol. The van der Waals surface area contributed by atoms with Crippen molar-refractivity contribution in [2.75, 3.05) is 5.75 Å². The van der Waals surface area contributed by atoms with Crippen LogP contribution in [0.2, 0.25) is 0 Å². The molecule has 1 rings (SSSR count). The van der Waals surface area contributed by atoms with Crippen molar-refractivity contribution in [1.29, 1.82) is 0 Å². The lowest BCUT2D eigenvalue weighted by atomic mass is 10.2. The minimum atomic E-state index is -0.885. The largest absolute Gasteiger partial charge is 0.481 e. The molecule has 7 heteroatoms. The molecule has 0 amide bonds. The maximum absolute atomic E-state index is 10.3. The van der Waals surface area contributed by atoms with Crippen molar-refractivity contribution in [2.45, 2.75) is 12.5 Å². The number of nitrogens with zero attached hydrogens (tertiary/aromatic N) is 4. The number of carbonyl (C=O) groups is 1. The summed E-state index contributed by atoms with van der Waals surface area (Å²) in [6.07, 6.45) is 1.36. The fourth-order valence-corrected chi connectivity index (χ4v) is 1.08. The molecule has 1 aromatic rings.